The highest BCUT2D eigenvalue weighted by Crippen LogP contribution is 2.61. The van der Waals surface area contributed by atoms with E-state index >= 15 is 0 Å². The predicted octanol–water partition coefficient (Wildman–Crippen LogP) is 0.0645. The third-order valence-corrected chi connectivity index (χ3v) is 8.26. The normalized spacial score (nSPS) is 25.5. The lowest BCUT2D eigenvalue weighted by Crippen LogP contribution is -2.36. The number of hydrogen-bond donors (Lipinski definition) is 6. The van der Waals surface area contributed by atoms with Crippen molar-refractivity contribution in [3.05, 3.63) is 52.0 Å². The second kappa shape index (κ2) is 9.76. The molecule has 0 bridgehead atoms. The first-order valence-corrected chi connectivity index (χ1v) is 13.8. The number of aliphatic hydroxyl groups excluding tert-OH is 2. The van der Waals surface area contributed by atoms with Gasteiger partial charge in [0.2, 0.25) is 5.85 Å². The monoisotopic (exact) mass is 550 g/mol. The average Bonchev–Trinajstić information content (AvgIpc) is 3.32. The number of para-hydroxylation sites is 1. The fraction of sp³-hybridized carbons (Fsp3) is 0.353. The van der Waals surface area contributed by atoms with Gasteiger partial charge in [0.1, 0.15) is 29.1 Å². The Hall–Kier alpha value is -2.07. The fourth-order valence-electron chi connectivity index (χ4n) is 3.29. The molecular formula is C17H20N4O11P2S. The lowest BCUT2D eigenvalue weighted by Gasteiger charge is -2.21. The van der Waals surface area contributed by atoms with Gasteiger partial charge in [-0.15, -0.1) is 11.3 Å². The van der Waals surface area contributed by atoms with Gasteiger partial charge in [-0.3, -0.25) is 18.2 Å². The van der Waals surface area contributed by atoms with Gasteiger partial charge in [0.05, 0.1) is 16.8 Å². The summed E-state index contributed by atoms with van der Waals surface area (Å²) in [6, 6.07) is 7.82. The van der Waals surface area contributed by atoms with Gasteiger partial charge in [-0.2, -0.15) is 4.98 Å². The highest BCUT2D eigenvalue weighted by atomic mass is 32.1. The molecule has 0 amide bonds. The summed E-state index contributed by atoms with van der Waals surface area (Å²) in [5, 5.41) is 20.2. The molecule has 1 aromatic carbocycles. The number of aliphatic hydroxyl groups is 2. The van der Waals surface area contributed by atoms with E-state index in [1.54, 1.807) is 24.3 Å². The molecule has 3 aromatic rings. The van der Waals surface area contributed by atoms with Crippen LogP contribution >= 0.6 is 26.8 Å². The Bertz CT molecular complexity index is 1340. The van der Waals surface area contributed by atoms with Crippen LogP contribution in [0.5, 0.6) is 0 Å². The summed E-state index contributed by atoms with van der Waals surface area (Å²) < 4.78 is 40.9. The van der Waals surface area contributed by atoms with Crippen molar-refractivity contribution in [3.63, 3.8) is 0 Å². The molecule has 2 aromatic heterocycles. The van der Waals surface area contributed by atoms with Gasteiger partial charge in [0.15, 0.2) is 6.23 Å². The Morgan fingerprint density at radius 1 is 1.14 bits per heavy atom. The molecule has 18 heteroatoms. The highest BCUT2D eigenvalue weighted by Gasteiger charge is 2.46. The maximum absolute atomic E-state index is 12.5. The van der Waals surface area contributed by atoms with Crippen molar-refractivity contribution in [3.8, 4) is 0 Å². The van der Waals surface area contributed by atoms with Crippen LogP contribution in [-0.4, -0.2) is 64.3 Å². The molecule has 0 saturated carbocycles. The van der Waals surface area contributed by atoms with Gasteiger partial charge in [0.25, 0.3) is 0 Å². The van der Waals surface area contributed by atoms with E-state index in [0.29, 0.717) is 10.2 Å². The smallest absolute Gasteiger partial charge is 0.387 e. The second-order valence-electron chi connectivity index (χ2n) is 7.42. The van der Waals surface area contributed by atoms with Crippen LogP contribution in [0.3, 0.4) is 0 Å². The van der Waals surface area contributed by atoms with Gasteiger partial charge in [-0.1, -0.05) is 12.1 Å². The second-order valence-corrected chi connectivity index (χ2v) is 11.5. The van der Waals surface area contributed by atoms with E-state index in [4.69, 9.17) is 19.5 Å². The van der Waals surface area contributed by atoms with Crippen molar-refractivity contribution in [1.82, 2.24) is 14.5 Å². The minimum absolute atomic E-state index is 0.0785. The minimum Gasteiger partial charge on any atom is -0.387 e. The standard InChI is InChI=1S/C17H20N4O11P2S/c18-11-5-6-21(17(24)20-11)15-13(23)12(22)9(31-15)7-30-34(28,29)32-16(33(25,26)27)14-19-8-3-1-2-4-10(8)35-14/h1-6,9,12-13,15-16,22-23H,7H2,(H,28,29)(H2,18,20,24)(H2,25,26,27)/t9-,12-,13-,15-,16?/m1/s1. The van der Waals surface area contributed by atoms with Crippen molar-refractivity contribution in [2.45, 2.75) is 30.4 Å². The molecular weight excluding hydrogens is 530 g/mol. The SMILES string of the molecule is Nc1ccn([C@@H]2O[C@H](COP(=O)(O)OC(c3nc4ccccc4s3)P(=O)(O)O)[C@@H](O)[C@H]2O)c(=O)n1. The first-order valence-electron chi connectivity index (χ1n) is 9.78. The van der Waals surface area contributed by atoms with Crippen LogP contribution in [0.4, 0.5) is 5.82 Å². The van der Waals surface area contributed by atoms with Crippen LogP contribution in [-0.2, 0) is 22.9 Å². The zero-order chi connectivity index (χ0) is 25.5. The van der Waals surface area contributed by atoms with Gasteiger partial charge in [-0.25, -0.2) is 14.3 Å². The number of thiazole rings is 1. The van der Waals surface area contributed by atoms with E-state index < -0.39 is 58.1 Å². The number of nitrogens with zero attached hydrogens (tertiary/aromatic N) is 3. The summed E-state index contributed by atoms with van der Waals surface area (Å²) >= 11 is 0.856. The fourth-order valence-corrected chi connectivity index (χ4v) is 6.75. The lowest BCUT2D eigenvalue weighted by molar-refractivity contribution is -0.0556. The van der Waals surface area contributed by atoms with Crippen LogP contribution in [0.25, 0.3) is 10.2 Å². The first-order chi connectivity index (χ1) is 16.4. The molecule has 1 fully saturated rings. The van der Waals surface area contributed by atoms with E-state index in [1.165, 1.54) is 12.3 Å². The van der Waals surface area contributed by atoms with E-state index in [2.05, 4.69) is 9.97 Å². The van der Waals surface area contributed by atoms with Gasteiger partial charge in [-0.05, 0) is 18.2 Å². The van der Waals surface area contributed by atoms with Crippen molar-refractivity contribution in [2.24, 2.45) is 0 Å². The minimum atomic E-state index is -5.16. The Morgan fingerprint density at radius 2 is 1.86 bits per heavy atom. The van der Waals surface area contributed by atoms with Crippen molar-refractivity contribution < 1.29 is 47.8 Å². The summed E-state index contributed by atoms with van der Waals surface area (Å²) in [5.41, 5.74) is 4.94. The van der Waals surface area contributed by atoms with Crippen LogP contribution in [0.1, 0.15) is 17.1 Å². The molecule has 1 aliphatic heterocycles. The largest absolute Gasteiger partial charge is 0.473 e. The number of phosphoric ester groups is 1. The van der Waals surface area contributed by atoms with E-state index in [0.717, 1.165) is 15.9 Å². The van der Waals surface area contributed by atoms with E-state index in [9.17, 15) is 38.8 Å². The number of anilines is 1. The highest BCUT2D eigenvalue weighted by molar-refractivity contribution is 7.54. The summed E-state index contributed by atoms with van der Waals surface area (Å²) in [5.74, 6) is -2.28. The third-order valence-electron chi connectivity index (χ3n) is 4.93. The number of benzene rings is 1. The first kappa shape index (κ1) is 26.0. The molecule has 7 N–H and O–H groups in total. The number of hydrogen-bond acceptors (Lipinski definition) is 12. The van der Waals surface area contributed by atoms with Gasteiger partial charge < -0.3 is 35.4 Å². The average molecular weight is 550 g/mol. The van der Waals surface area contributed by atoms with Gasteiger partial charge >= 0.3 is 21.1 Å². The Labute approximate surface area is 200 Å². The molecule has 4 rings (SSSR count). The third kappa shape index (κ3) is 5.69. The Morgan fingerprint density at radius 3 is 2.51 bits per heavy atom. The van der Waals surface area contributed by atoms with Crippen LogP contribution in [0.2, 0.25) is 0 Å². The number of aromatic nitrogens is 3. The van der Waals surface area contributed by atoms with Crippen LogP contribution in [0, 0.1) is 0 Å². The summed E-state index contributed by atoms with van der Waals surface area (Å²) in [4.78, 5) is 49.1. The quantitative estimate of drug-likeness (QED) is 0.204. The molecule has 35 heavy (non-hydrogen) atoms. The molecule has 0 radical (unpaired) electrons. The summed E-state index contributed by atoms with van der Waals surface area (Å²) in [7, 11) is -10.3. The number of phosphoric acid groups is 1. The van der Waals surface area contributed by atoms with E-state index in [1.807, 2.05) is 0 Å². The molecule has 0 aliphatic carbocycles. The summed E-state index contributed by atoms with van der Waals surface area (Å²) in [6.45, 7) is -0.840. The Kier molecular flexibility index (Phi) is 7.26. The molecule has 15 nitrogen and oxygen atoms in total. The van der Waals surface area contributed by atoms with Crippen LogP contribution < -0.4 is 11.4 Å². The molecule has 2 unspecified atom stereocenters. The number of rotatable bonds is 8. The lowest BCUT2D eigenvalue weighted by atomic mass is 10.1. The van der Waals surface area contributed by atoms with Gasteiger partial charge in [0, 0.05) is 6.20 Å². The molecule has 6 atom stereocenters. The van der Waals surface area contributed by atoms with E-state index in [-0.39, 0.29) is 10.8 Å². The topological polar surface area (TPSA) is 237 Å². The zero-order valence-corrected chi connectivity index (χ0v) is 20.1. The molecule has 1 saturated heterocycles. The zero-order valence-electron chi connectivity index (χ0n) is 17.5. The predicted molar refractivity (Wildman–Crippen MR) is 120 cm³/mol. The maximum atomic E-state index is 12.5. The number of fused-ring (bicyclic) bond motifs is 1. The number of nitrogen functional groups attached to an aromatic ring is 1. The maximum Gasteiger partial charge on any atom is 0.473 e. The van der Waals surface area contributed by atoms with Crippen molar-refractivity contribution in [2.75, 3.05) is 12.3 Å². The molecule has 0 spiro atoms. The molecule has 190 valence electrons. The summed E-state index contributed by atoms with van der Waals surface area (Å²) in [6.07, 6.45) is -4.96. The molecule has 3 heterocycles. The van der Waals surface area contributed by atoms with Crippen molar-refractivity contribution in [1.29, 1.82) is 0 Å². The van der Waals surface area contributed by atoms with Crippen LogP contribution in [0.15, 0.2) is 41.3 Å². The Balaban J connectivity index is 1.47. The van der Waals surface area contributed by atoms with Crippen molar-refractivity contribution >= 4 is 42.8 Å². The number of nitrogens with two attached hydrogens (primary N) is 1. The number of ether oxygens (including phenoxy) is 1. The molecule has 1 aliphatic rings.